The molecule has 146 valence electrons. The summed E-state index contributed by atoms with van der Waals surface area (Å²) in [6.07, 6.45) is -0.0328. The standard InChI is InChI=1S/C18H35NO5Si/c1-17(2,3)23-16(21)19-11-13(15(20)22-7)10-14(12-19)24-25(8,9)18(4,5)6/h13-14H,10-12H2,1-9H3/t13-,14+/m1/s1. The number of nitrogens with zero attached hydrogens (tertiary/aromatic N) is 1. The summed E-state index contributed by atoms with van der Waals surface area (Å²) in [4.78, 5) is 26.1. The summed E-state index contributed by atoms with van der Waals surface area (Å²) < 4.78 is 16.8. The smallest absolute Gasteiger partial charge is 0.410 e. The van der Waals surface area contributed by atoms with Gasteiger partial charge >= 0.3 is 12.1 Å². The highest BCUT2D eigenvalue weighted by molar-refractivity contribution is 6.74. The van der Waals surface area contributed by atoms with Crippen molar-refractivity contribution in [3.8, 4) is 0 Å². The zero-order valence-corrected chi connectivity index (χ0v) is 18.3. The Hall–Kier alpha value is -1.08. The van der Waals surface area contributed by atoms with Crippen LogP contribution in [-0.4, -0.2) is 57.2 Å². The molecule has 0 aromatic heterocycles. The summed E-state index contributed by atoms with van der Waals surface area (Å²) in [5.41, 5.74) is -0.578. The third kappa shape index (κ3) is 6.29. The highest BCUT2D eigenvalue weighted by atomic mass is 28.4. The molecule has 0 unspecified atom stereocenters. The predicted octanol–water partition coefficient (Wildman–Crippen LogP) is 3.81. The summed E-state index contributed by atoms with van der Waals surface area (Å²) >= 11 is 0. The largest absolute Gasteiger partial charge is 0.469 e. The van der Waals surface area contributed by atoms with Gasteiger partial charge in [0.2, 0.25) is 0 Å². The van der Waals surface area contributed by atoms with E-state index in [0.717, 1.165) is 0 Å². The first-order valence-electron chi connectivity index (χ1n) is 8.90. The molecule has 0 aromatic carbocycles. The lowest BCUT2D eigenvalue weighted by Gasteiger charge is -2.43. The minimum Gasteiger partial charge on any atom is -0.469 e. The van der Waals surface area contributed by atoms with Gasteiger partial charge in [-0.25, -0.2) is 4.79 Å². The van der Waals surface area contributed by atoms with Crippen LogP contribution in [0.25, 0.3) is 0 Å². The molecule has 0 bridgehead atoms. The first-order chi connectivity index (χ1) is 11.2. The van der Waals surface area contributed by atoms with Gasteiger partial charge < -0.3 is 18.8 Å². The van der Waals surface area contributed by atoms with Crippen LogP contribution in [0.1, 0.15) is 48.0 Å². The number of hydrogen-bond donors (Lipinski definition) is 0. The molecule has 0 aromatic rings. The Morgan fingerprint density at radius 1 is 1.04 bits per heavy atom. The van der Waals surface area contributed by atoms with E-state index in [1.165, 1.54) is 7.11 Å². The number of carbonyl (C=O) groups is 2. The zero-order valence-electron chi connectivity index (χ0n) is 17.3. The lowest BCUT2D eigenvalue weighted by molar-refractivity contribution is -0.148. The first kappa shape index (κ1) is 22.0. The summed E-state index contributed by atoms with van der Waals surface area (Å²) in [5, 5.41) is 0.0575. The Morgan fingerprint density at radius 2 is 1.60 bits per heavy atom. The van der Waals surface area contributed by atoms with Crippen molar-refractivity contribution in [3.05, 3.63) is 0 Å². The molecule has 0 radical (unpaired) electrons. The minimum atomic E-state index is -2.01. The van der Waals surface area contributed by atoms with Gasteiger partial charge in [0.1, 0.15) is 5.60 Å². The third-order valence-corrected chi connectivity index (χ3v) is 9.40. The van der Waals surface area contributed by atoms with Crippen LogP contribution >= 0.6 is 0 Å². The van der Waals surface area contributed by atoms with E-state index in [4.69, 9.17) is 13.9 Å². The van der Waals surface area contributed by atoms with Gasteiger partial charge in [0, 0.05) is 13.1 Å². The van der Waals surface area contributed by atoms with Crippen molar-refractivity contribution in [2.45, 2.75) is 77.8 Å². The molecule has 0 N–H and O–H groups in total. The fourth-order valence-electron chi connectivity index (χ4n) is 2.54. The molecule has 1 aliphatic rings. The summed E-state index contributed by atoms with van der Waals surface area (Å²) in [5.74, 6) is -0.696. The third-order valence-electron chi connectivity index (χ3n) is 4.87. The van der Waals surface area contributed by atoms with Crippen LogP contribution in [0.3, 0.4) is 0 Å². The van der Waals surface area contributed by atoms with Gasteiger partial charge in [0.25, 0.3) is 0 Å². The van der Waals surface area contributed by atoms with Crippen molar-refractivity contribution >= 4 is 20.4 Å². The fourth-order valence-corrected chi connectivity index (χ4v) is 3.90. The van der Waals surface area contributed by atoms with E-state index in [2.05, 4.69) is 33.9 Å². The molecular weight excluding hydrogens is 338 g/mol. The molecule has 7 heteroatoms. The van der Waals surface area contributed by atoms with Gasteiger partial charge in [0.15, 0.2) is 8.32 Å². The number of methoxy groups -OCH3 is 1. The zero-order chi connectivity index (χ0) is 19.6. The Morgan fingerprint density at radius 3 is 2.04 bits per heavy atom. The second-order valence-electron chi connectivity index (χ2n) is 9.34. The lowest BCUT2D eigenvalue weighted by atomic mass is 9.96. The van der Waals surface area contributed by atoms with E-state index in [9.17, 15) is 9.59 Å². The summed E-state index contributed by atoms with van der Waals surface area (Å²) in [6, 6.07) is 0. The number of rotatable bonds is 3. The second-order valence-corrected chi connectivity index (χ2v) is 14.1. The molecule has 1 heterocycles. The van der Waals surface area contributed by atoms with Gasteiger partial charge in [0.05, 0.1) is 19.1 Å². The van der Waals surface area contributed by atoms with E-state index in [-0.39, 0.29) is 23.0 Å². The molecule has 1 fully saturated rings. The number of esters is 1. The molecule has 0 aliphatic carbocycles. The van der Waals surface area contributed by atoms with Crippen molar-refractivity contribution in [2.75, 3.05) is 20.2 Å². The fraction of sp³-hybridized carbons (Fsp3) is 0.889. The molecule has 1 aliphatic heterocycles. The highest BCUT2D eigenvalue weighted by Gasteiger charge is 2.43. The quantitative estimate of drug-likeness (QED) is 0.556. The number of piperidine rings is 1. The van der Waals surface area contributed by atoms with Crippen molar-refractivity contribution in [2.24, 2.45) is 5.92 Å². The number of carbonyl (C=O) groups excluding carboxylic acids is 2. The van der Waals surface area contributed by atoms with Crippen molar-refractivity contribution in [3.63, 3.8) is 0 Å². The normalized spacial score (nSPS) is 22.5. The van der Waals surface area contributed by atoms with Crippen LogP contribution in [-0.2, 0) is 18.7 Å². The van der Waals surface area contributed by atoms with Crippen LogP contribution < -0.4 is 0 Å². The van der Waals surface area contributed by atoms with Crippen LogP contribution in [0, 0.1) is 5.92 Å². The Bertz CT molecular complexity index is 493. The minimum absolute atomic E-state index is 0.0575. The van der Waals surface area contributed by atoms with E-state index >= 15 is 0 Å². The van der Waals surface area contributed by atoms with Gasteiger partial charge in [-0.3, -0.25) is 4.79 Å². The van der Waals surface area contributed by atoms with E-state index in [1.54, 1.807) is 4.90 Å². The van der Waals surface area contributed by atoms with Gasteiger partial charge in [-0.2, -0.15) is 0 Å². The van der Waals surface area contributed by atoms with Crippen LogP contribution in [0.15, 0.2) is 0 Å². The molecule has 1 saturated heterocycles. The molecule has 2 atom stereocenters. The SMILES string of the molecule is COC(=O)[C@@H]1C[C@H](O[Si](C)(C)C(C)(C)C)CN(C(=O)OC(C)(C)C)C1. The first-order valence-corrected chi connectivity index (χ1v) is 11.8. The highest BCUT2D eigenvalue weighted by Crippen LogP contribution is 2.38. The van der Waals surface area contributed by atoms with Crippen LogP contribution in [0.2, 0.25) is 18.1 Å². The monoisotopic (exact) mass is 373 g/mol. The number of amides is 1. The average molecular weight is 374 g/mol. The van der Waals surface area contributed by atoms with Gasteiger partial charge in [-0.1, -0.05) is 20.8 Å². The van der Waals surface area contributed by atoms with E-state index in [0.29, 0.717) is 19.5 Å². The number of ether oxygens (including phenoxy) is 2. The number of likely N-dealkylation sites (tertiary alicyclic amines) is 1. The Kier molecular flexibility index (Phi) is 6.73. The van der Waals surface area contributed by atoms with Crippen molar-refractivity contribution in [1.29, 1.82) is 0 Å². The van der Waals surface area contributed by atoms with Crippen LogP contribution in [0.5, 0.6) is 0 Å². The van der Waals surface area contributed by atoms with Gasteiger partial charge in [-0.05, 0) is 45.3 Å². The maximum absolute atomic E-state index is 12.5. The Balaban J connectivity index is 2.95. The molecule has 1 amide bonds. The molecule has 0 saturated carbocycles. The molecule has 1 rings (SSSR count). The van der Waals surface area contributed by atoms with Crippen molar-refractivity contribution in [1.82, 2.24) is 4.90 Å². The maximum Gasteiger partial charge on any atom is 0.410 e. The topological polar surface area (TPSA) is 65.1 Å². The van der Waals surface area contributed by atoms with Gasteiger partial charge in [-0.15, -0.1) is 0 Å². The molecule has 25 heavy (non-hydrogen) atoms. The molecule has 6 nitrogen and oxygen atoms in total. The van der Waals surface area contributed by atoms with E-state index in [1.807, 2.05) is 20.8 Å². The second kappa shape index (κ2) is 7.66. The van der Waals surface area contributed by atoms with Crippen molar-refractivity contribution < 1.29 is 23.5 Å². The average Bonchev–Trinajstić information content (AvgIpc) is 2.42. The molecular formula is C18H35NO5Si. The Labute approximate surface area is 153 Å². The van der Waals surface area contributed by atoms with Crippen LogP contribution in [0.4, 0.5) is 4.79 Å². The lowest BCUT2D eigenvalue weighted by Crippen LogP contribution is -2.54. The predicted molar refractivity (Wildman–Crippen MR) is 100 cm³/mol. The number of hydrogen-bond acceptors (Lipinski definition) is 5. The molecule has 0 spiro atoms. The summed E-state index contributed by atoms with van der Waals surface area (Å²) in [6.45, 7) is 17.1. The maximum atomic E-state index is 12.5. The van der Waals surface area contributed by atoms with E-state index < -0.39 is 20.0 Å². The summed E-state index contributed by atoms with van der Waals surface area (Å²) in [7, 11) is -0.635.